The third-order valence-electron chi connectivity index (χ3n) is 3.02. The number of hydrogen-bond acceptors (Lipinski definition) is 3. The second-order valence-corrected chi connectivity index (χ2v) is 5.92. The number of nitrogens with zero attached hydrogens (tertiary/aromatic N) is 2. The number of nitrogens with one attached hydrogen (secondary N) is 1. The Balaban J connectivity index is 2.23. The molecule has 0 aliphatic heterocycles. The van der Waals surface area contributed by atoms with Gasteiger partial charge >= 0.3 is 0 Å². The number of para-hydroxylation sites is 1. The van der Waals surface area contributed by atoms with Crippen molar-refractivity contribution in [3.05, 3.63) is 35.9 Å². The predicted octanol–water partition coefficient (Wildman–Crippen LogP) is 3.95. The first kappa shape index (κ1) is 13.4. The number of hydrogen-bond donors (Lipinski definition) is 1. The molecule has 3 heteroatoms. The Morgan fingerprint density at radius 3 is 2.68 bits per heavy atom. The SMILES string of the molecule is CC(C)(C)CCNc1cc(C#N)c2ccccc2n1. The monoisotopic (exact) mass is 253 g/mol. The highest BCUT2D eigenvalue weighted by atomic mass is 15.0. The van der Waals surface area contributed by atoms with Crippen molar-refractivity contribution in [3.63, 3.8) is 0 Å². The summed E-state index contributed by atoms with van der Waals surface area (Å²) in [6, 6.07) is 11.8. The van der Waals surface area contributed by atoms with E-state index in [2.05, 4.69) is 37.1 Å². The lowest BCUT2D eigenvalue weighted by Crippen LogP contribution is -2.13. The maximum atomic E-state index is 9.21. The van der Waals surface area contributed by atoms with Gasteiger partial charge in [0.25, 0.3) is 0 Å². The van der Waals surface area contributed by atoms with E-state index in [0.29, 0.717) is 11.0 Å². The van der Waals surface area contributed by atoms with Crippen molar-refractivity contribution in [3.8, 4) is 6.07 Å². The van der Waals surface area contributed by atoms with Crippen LogP contribution in [0.25, 0.3) is 10.9 Å². The van der Waals surface area contributed by atoms with E-state index in [0.717, 1.165) is 29.7 Å². The van der Waals surface area contributed by atoms with Gasteiger partial charge in [0, 0.05) is 11.9 Å². The van der Waals surface area contributed by atoms with E-state index in [9.17, 15) is 5.26 Å². The number of rotatable bonds is 3. The third kappa shape index (κ3) is 3.45. The van der Waals surface area contributed by atoms with Crippen LogP contribution in [0.4, 0.5) is 5.82 Å². The lowest BCUT2D eigenvalue weighted by molar-refractivity contribution is 0.389. The van der Waals surface area contributed by atoms with Gasteiger partial charge in [-0.1, -0.05) is 39.0 Å². The van der Waals surface area contributed by atoms with Crippen molar-refractivity contribution in [2.45, 2.75) is 27.2 Å². The molecule has 0 spiro atoms. The Morgan fingerprint density at radius 1 is 1.26 bits per heavy atom. The lowest BCUT2D eigenvalue weighted by Gasteiger charge is -2.18. The van der Waals surface area contributed by atoms with Crippen LogP contribution < -0.4 is 5.32 Å². The fraction of sp³-hybridized carbons (Fsp3) is 0.375. The van der Waals surface area contributed by atoms with E-state index in [4.69, 9.17) is 0 Å². The van der Waals surface area contributed by atoms with Crippen molar-refractivity contribution in [2.75, 3.05) is 11.9 Å². The first-order valence-electron chi connectivity index (χ1n) is 6.53. The lowest BCUT2D eigenvalue weighted by atomic mass is 9.92. The minimum Gasteiger partial charge on any atom is -0.370 e. The summed E-state index contributed by atoms with van der Waals surface area (Å²) in [5, 5.41) is 13.4. The van der Waals surface area contributed by atoms with Crippen LogP contribution in [0, 0.1) is 16.7 Å². The van der Waals surface area contributed by atoms with Gasteiger partial charge in [0.15, 0.2) is 0 Å². The van der Waals surface area contributed by atoms with Gasteiger partial charge in [0.2, 0.25) is 0 Å². The van der Waals surface area contributed by atoms with Gasteiger partial charge in [-0.3, -0.25) is 0 Å². The van der Waals surface area contributed by atoms with Crippen molar-refractivity contribution in [2.24, 2.45) is 5.41 Å². The summed E-state index contributed by atoms with van der Waals surface area (Å²) in [5.74, 6) is 0.777. The molecular weight excluding hydrogens is 234 g/mol. The van der Waals surface area contributed by atoms with Crippen LogP contribution in [0.2, 0.25) is 0 Å². The Hall–Kier alpha value is -2.08. The highest BCUT2D eigenvalue weighted by molar-refractivity contribution is 5.86. The molecule has 1 aromatic carbocycles. The molecule has 0 saturated carbocycles. The molecule has 2 rings (SSSR count). The van der Waals surface area contributed by atoms with Crippen LogP contribution in [0.15, 0.2) is 30.3 Å². The Kier molecular flexibility index (Phi) is 3.71. The molecule has 0 bridgehead atoms. The summed E-state index contributed by atoms with van der Waals surface area (Å²) in [6.45, 7) is 7.50. The van der Waals surface area contributed by atoms with Crippen molar-refractivity contribution in [1.29, 1.82) is 5.26 Å². The summed E-state index contributed by atoms with van der Waals surface area (Å²) < 4.78 is 0. The van der Waals surface area contributed by atoms with E-state index < -0.39 is 0 Å². The summed E-state index contributed by atoms with van der Waals surface area (Å²) in [4.78, 5) is 4.54. The molecule has 19 heavy (non-hydrogen) atoms. The zero-order chi connectivity index (χ0) is 13.9. The van der Waals surface area contributed by atoms with Gasteiger partial charge in [-0.05, 0) is 24.0 Å². The molecule has 0 unspecified atom stereocenters. The molecule has 0 atom stereocenters. The minimum atomic E-state index is 0.294. The molecule has 1 N–H and O–H groups in total. The van der Waals surface area contributed by atoms with E-state index in [1.165, 1.54) is 0 Å². The van der Waals surface area contributed by atoms with E-state index in [1.807, 2.05) is 30.3 Å². The Morgan fingerprint density at radius 2 is 2.00 bits per heavy atom. The normalized spacial score (nSPS) is 11.3. The fourth-order valence-corrected chi connectivity index (χ4v) is 1.92. The van der Waals surface area contributed by atoms with Crippen LogP contribution in [0.5, 0.6) is 0 Å². The Labute approximate surface area is 114 Å². The second-order valence-electron chi connectivity index (χ2n) is 5.92. The molecule has 3 nitrogen and oxygen atoms in total. The molecule has 0 aliphatic rings. The first-order valence-corrected chi connectivity index (χ1v) is 6.53. The smallest absolute Gasteiger partial charge is 0.127 e. The van der Waals surface area contributed by atoms with Gasteiger partial charge in [0.05, 0.1) is 17.1 Å². The summed E-state index contributed by atoms with van der Waals surface area (Å²) in [7, 11) is 0. The first-order chi connectivity index (χ1) is 8.99. The van der Waals surface area contributed by atoms with Crippen LogP contribution in [-0.2, 0) is 0 Å². The second kappa shape index (κ2) is 5.27. The predicted molar refractivity (Wildman–Crippen MR) is 79.0 cm³/mol. The highest BCUT2D eigenvalue weighted by Gasteiger charge is 2.10. The summed E-state index contributed by atoms with van der Waals surface area (Å²) in [5.41, 5.74) is 1.82. The van der Waals surface area contributed by atoms with E-state index in [-0.39, 0.29) is 0 Å². The molecule has 0 saturated heterocycles. The van der Waals surface area contributed by atoms with Crippen LogP contribution >= 0.6 is 0 Å². The molecule has 2 aromatic rings. The zero-order valence-corrected chi connectivity index (χ0v) is 11.7. The number of fused-ring (bicyclic) bond motifs is 1. The molecule has 1 heterocycles. The van der Waals surface area contributed by atoms with E-state index >= 15 is 0 Å². The standard InChI is InChI=1S/C16H19N3/c1-16(2,3)8-9-18-15-10-12(11-17)13-6-4-5-7-14(13)19-15/h4-7,10H,8-9H2,1-3H3,(H,18,19). The van der Waals surface area contributed by atoms with Gasteiger partial charge in [-0.25, -0.2) is 4.98 Å². The molecule has 0 fully saturated rings. The van der Waals surface area contributed by atoms with Crippen LogP contribution in [0.3, 0.4) is 0 Å². The zero-order valence-electron chi connectivity index (χ0n) is 11.7. The van der Waals surface area contributed by atoms with Crippen molar-refractivity contribution >= 4 is 16.7 Å². The third-order valence-corrected chi connectivity index (χ3v) is 3.02. The van der Waals surface area contributed by atoms with Gasteiger partial charge in [-0.15, -0.1) is 0 Å². The molecular formula is C16H19N3. The number of aromatic nitrogens is 1. The molecule has 0 aliphatic carbocycles. The van der Waals surface area contributed by atoms with Gasteiger partial charge in [0.1, 0.15) is 5.82 Å². The number of benzene rings is 1. The topological polar surface area (TPSA) is 48.7 Å². The summed E-state index contributed by atoms with van der Waals surface area (Å²) in [6.07, 6.45) is 1.06. The number of nitriles is 1. The molecule has 0 radical (unpaired) electrons. The number of pyridine rings is 1. The average molecular weight is 253 g/mol. The van der Waals surface area contributed by atoms with Crippen molar-refractivity contribution in [1.82, 2.24) is 4.98 Å². The maximum Gasteiger partial charge on any atom is 0.127 e. The largest absolute Gasteiger partial charge is 0.370 e. The van der Waals surface area contributed by atoms with E-state index in [1.54, 1.807) is 0 Å². The maximum absolute atomic E-state index is 9.21. The van der Waals surface area contributed by atoms with Gasteiger partial charge in [-0.2, -0.15) is 5.26 Å². The van der Waals surface area contributed by atoms with Crippen LogP contribution in [-0.4, -0.2) is 11.5 Å². The fourth-order valence-electron chi connectivity index (χ4n) is 1.92. The quantitative estimate of drug-likeness (QED) is 0.900. The van der Waals surface area contributed by atoms with Crippen molar-refractivity contribution < 1.29 is 0 Å². The molecule has 98 valence electrons. The Bertz CT molecular complexity index is 618. The van der Waals surface area contributed by atoms with Crippen LogP contribution in [0.1, 0.15) is 32.8 Å². The highest BCUT2D eigenvalue weighted by Crippen LogP contribution is 2.21. The van der Waals surface area contributed by atoms with Gasteiger partial charge < -0.3 is 5.32 Å². The number of anilines is 1. The average Bonchev–Trinajstić information content (AvgIpc) is 2.36. The minimum absolute atomic E-state index is 0.294. The summed E-state index contributed by atoms with van der Waals surface area (Å²) >= 11 is 0. The molecule has 0 amide bonds. The molecule has 1 aromatic heterocycles.